The molecule has 0 amide bonds. The highest BCUT2D eigenvalue weighted by Crippen LogP contribution is 2.54. The minimum Gasteiger partial charge on any atom is -0.308 e. The van der Waals surface area contributed by atoms with Crippen molar-refractivity contribution in [2.24, 2.45) is 10.8 Å². The average Bonchev–Trinajstić information content (AvgIpc) is 2.73. The van der Waals surface area contributed by atoms with Crippen molar-refractivity contribution in [3.63, 3.8) is 0 Å². The minimum absolute atomic E-state index is 0.0272. The number of hydrogen-bond acceptors (Lipinski definition) is 3. The summed E-state index contributed by atoms with van der Waals surface area (Å²) in [4.78, 5) is 5.04. The summed E-state index contributed by atoms with van der Waals surface area (Å²) < 4.78 is 0. The third kappa shape index (κ3) is 3.50. The zero-order valence-corrected chi connectivity index (χ0v) is 15.9. The van der Waals surface area contributed by atoms with Gasteiger partial charge in [-0.25, -0.2) is 4.98 Å². The summed E-state index contributed by atoms with van der Waals surface area (Å²) in [5.41, 5.74) is 2.07. The molecule has 1 saturated carbocycles. The van der Waals surface area contributed by atoms with Crippen LogP contribution in [0.25, 0.3) is 0 Å². The van der Waals surface area contributed by atoms with Crippen LogP contribution in [0.1, 0.15) is 78.4 Å². The van der Waals surface area contributed by atoms with E-state index in [2.05, 4.69) is 66.2 Å². The standard InChI is InChI=1S/C18H32N2S/c1-15(2,3)13-9-21-14(20-13)18(19-8)11-16(4,5)10-17(6,7)12-18/h9,19H,10-12H2,1-8H3. The largest absolute Gasteiger partial charge is 0.308 e. The molecule has 0 aromatic carbocycles. The fourth-order valence-corrected chi connectivity index (χ4v) is 5.64. The molecule has 1 aliphatic carbocycles. The molecule has 120 valence electrons. The van der Waals surface area contributed by atoms with Gasteiger partial charge in [-0.3, -0.25) is 0 Å². The third-order valence-electron chi connectivity index (χ3n) is 4.68. The summed E-state index contributed by atoms with van der Waals surface area (Å²) in [6.45, 7) is 16.3. The molecule has 0 saturated heterocycles. The highest BCUT2D eigenvalue weighted by atomic mass is 32.1. The Morgan fingerprint density at radius 1 is 1.05 bits per heavy atom. The predicted molar refractivity (Wildman–Crippen MR) is 93.0 cm³/mol. The molecule has 2 nitrogen and oxygen atoms in total. The molecule has 0 spiro atoms. The number of rotatable bonds is 2. The Labute approximate surface area is 134 Å². The molecule has 1 aliphatic rings. The van der Waals surface area contributed by atoms with Crippen LogP contribution >= 0.6 is 11.3 Å². The van der Waals surface area contributed by atoms with Crippen LogP contribution in [0, 0.1) is 10.8 Å². The molecule has 2 rings (SSSR count). The lowest BCUT2D eigenvalue weighted by atomic mass is 9.58. The maximum absolute atomic E-state index is 5.04. The summed E-state index contributed by atoms with van der Waals surface area (Å²) in [5, 5.41) is 7.18. The van der Waals surface area contributed by atoms with E-state index in [9.17, 15) is 0 Å². The van der Waals surface area contributed by atoms with Crippen LogP contribution in [0.15, 0.2) is 5.38 Å². The first-order valence-electron chi connectivity index (χ1n) is 8.05. The zero-order valence-electron chi connectivity index (χ0n) is 15.1. The predicted octanol–water partition coefficient (Wildman–Crippen LogP) is 5.09. The van der Waals surface area contributed by atoms with E-state index < -0.39 is 0 Å². The average molecular weight is 309 g/mol. The van der Waals surface area contributed by atoms with Crippen molar-refractivity contribution in [3.8, 4) is 0 Å². The van der Waals surface area contributed by atoms with Gasteiger partial charge in [-0.2, -0.15) is 0 Å². The van der Waals surface area contributed by atoms with Crippen molar-refractivity contribution in [1.29, 1.82) is 0 Å². The van der Waals surface area contributed by atoms with Crippen LogP contribution in [-0.4, -0.2) is 12.0 Å². The summed E-state index contributed by atoms with van der Waals surface area (Å²) >= 11 is 1.83. The second-order valence-electron chi connectivity index (χ2n) is 9.48. The maximum atomic E-state index is 5.04. The summed E-state index contributed by atoms with van der Waals surface area (Å²) in [6.07, 6.45) is 3.61. The van der Waals surface area contributed by atoms with Crippen LogP contribution < -0.4 is 5.32 Å². The molecule has 1 aromatic rings. The van der Waals surface area contributed by atoms with Gasteiger partial charge in [-0.1, -0.05) is 48.5 Å². The summed E-state index contributed by atoms with van der Waals surface area (Å²) in [5.74, 6) is 0. The smallest absolute Gasteiger partial charge is 0.113 e. The SMILES string of the molecule is CNC1(c2nc(C(C)(C)C)cs2)CC(C)(C)CC(C)(C)C1. The Bertz CT molecular complexity index is 490. The molecule has 1 heterocycles. The van der Waals surface area contributed by atoms with Gasteiger partial charge in [0.25, 0.3) is 0 Å². The molecule has 0 aliphatic heterocycles. The van der Waals surface area contributed by atoms with Crippen molar-refractivity contribution < 1.29 is 0 Å². The number of nitrogens with zero attached hydrogens (tertiary/aromatic N) is 1. The van der Waals surface area contributed by atoms with Crippen molar-refractivity contribution in [3.05, 3.63) is 16.1 Å². The fourth-order valence-electron chi connectivity index (χ4n) is 4.39. The zero-order chi connectivity index (χ0) is 16.1. The van der Waals surface area contributed by atoms with Gasteiger partial charge in [-0.15, -0.1) is 11.3 Å². The van der Waals surface area contributed by atoms with Gasteiger partial charge in [0.2, 0.25) is 0 Å². The van der Waals surface area contributed by atoms with Crippen LogP contribution in [-0.2, 0) is 11.0 Å². The molecule has 1 N–H and O–H groups in total. The van der Waals surface area contributed by atoms with E-state index in [0.717, 1.165) is 12.8 Å². The van der Waals surface area contributed by atoms with Gasteiger partial charge in [0.1, 0.15) is 5.01 Å². The molecule has 0 unspecified atom stereocenters. The van der Waals surface area contributed by atoms with Crippen molar-refractivity contribution in [2.75, 3.05) is 7.05 Å². The number of thiazole rings is 1. The van der Waals surface area contributed by atoms with Gasteiger partial charge in [0.05, 0.1) is 11.2 Å². The van der Waals surface area contributed by atoms with Gasteiger partial charge in [0, 0.05) is 10.8 Å². The van der Waals surface area contributed by atoms with Gasteiger partial charge in [0.15, 0.2) is 0 Å². The van der Waals surface area contributed by atoms with E-state index in [4.69, 9.17) is 4.98 Å². The Kier molecular flexibility index (Phi) is 4.08. The van der Waals surface area contributed by atoms with Crippen molar-refractivity contribution in [2.45, 2.75) is 78.7 Å². The molecular formula is C18H32N2S. The summed E-state index contributed by atoms with van der Waals surface area (Å²) in [7, 11) is 2.11. The van der Waals surface area contributed by atoms with E-state index in [1.165, 1.54) is 17.1 Å². The first kappa shape index (κ1) is 17.0. The lowest BCUT2D eigenvalue weighted by Crippen LogP contribution is -2.51. The molecule has 1 fully saturated rings. The van der Waals surface area contributed by atoms with E-state index >= 15 is 0 Å². The van der Waals surface area contributed by atoms with E-state index in [0.29, 0.717) is 10.8 Å². The van der Waals surface area contributed by atoms with E-state index in [-0.39, 0.29) is 11.0 Å². The molecule has 0 bridgehead atoms. The summed E-state index contributed by atoms with van der Waals surface area (Å²) in [6, 6.07) is 0. The number of aromatic nitrogens is 1. The van der Waals surface area contributed by atoms with Gasteiger partial charge < -0.3 is 5.32 Å². The lowest BCUT2D eigenvalue weighted by Gasteiger charge is -2.51. The van der Waals surface area contributed by atoms with Crippen LogP contribution in [0.4, 0.5) is 0 Å². The molecule has 0 atom stereocenters. The highest BCUT2D eigenvalue weighted by molar-refractivity contribution is 7.09. The molecule has 3 heteroatoms. The van der Waals surface area contributed by atoms with Crippen LogP contribution in [0.2, 0.25) is 0 Å². The highest BCUT2D eigenvalue weighted by Gasteiger charge is 2.49. The first-order valence-corrected chi connectivity index (χ1v) is 8.93. The quantitative estimate of drug-likeness (QED) is 0.823. The fraction of sp³-hybridized carbons (Fsp3) is 0.833. The number of nitrogens with one attached hydrogen (secondary N) is 1. The van der Waals surface area contributed by atoms with Crippen LogP contribution in [0.3, 0.4) is 0 Å². The number of hydrogen-bond donors (Lipinski definition) is 1. The van der Waals surface area contributed by atoms with Crippen molar-refractivity contribution >= 4 is 11.3 Å². The van der Waals surface area contributed by atoms with E-state index in [1.54, 1.807) is 0 Å². The maximum Gasteiger partial charge on any atom is 0.113 e. The normalized spacial score (nSPS) is 24.0. The lowest BCUT2D eigenvalue weighted by molar-refractivity contribution is 0.0298. The van der Waals surface area contributed by atoms with Gasteiger partial charge >= 0.3 is 0 Å². The van der Waals surface area contributed by atoms with Crippen LogP contribution in [0.5, 0.6) is 0 Å². The molecular weight excluding hydrogens is 276 g/mol. The molecule has 0 radical (unpaired) electrons. The van der Waals surface area contributed by atoms with Gasteiger partial charge in [-0.05, 0) is 37.1 Å². The Hall–Kier alpha value is -0.410. The van der Waals surface area contributed by atoms with Crippen molar-refractivity contribution in [1.82, 2.24) is 10.3 Å². The minimum atomic E-state index is 0.0272. The molecule has 21 heavy (non-hydrogen) atoms. The Balaban J connectivity index is 2.44. The second-order valence-corrected chi connectivity index (χ2v) is 10.3. The van der Waals surface area contributed by atoms with E-state index in [1.807, 2.05) is 11.3 Å². The second kappa shape index (κ2) is 5.06. The monoisotopic (exact) mass is 308 g/mol. The molecule has 1 aromatic heterocycles. The topological polar surface area (TPSA) is 24.9 Å². The Morgan fingerprint density at radius 2 is 1.57 bits per heavy atom. The Morgan fingerprint density at radius 3 is 1.95 bits per heavy atom. The third-order valence-corrected chi connectivity index (χ3v) is 5.72. The first-order chi connectivity index (χ1) is 9.39.